The molecule has 0 spiro atoms. The summed E-state index contributed by atoms with van der Waals surface area (Å²) >= 11 is 0. The predicted octanol–water partition coefficient (Wildman–Crippen LogP) is 4.88. The Kier molecular flexibility index (Phi) is 6.09. The van der Waals surface area contributed by atoms with Gasteiger partial charge in [0.25, 0.3) is 0 Å². The topological polar surface area (TPSA) is 23.8 Å². The average molecular weight is 474 g/mol. The van der Waals surface area contributed by atoms with Gasteiger partial charge in [-0.15, -0.1) is 0 Å². The second kappa shape index (κ2) is 9.50. The summed E-state index contributed by atoms with van der Waals surface area (Å²) < 4.78 is 28.9. The maximum atomic E-state index is 14.5. The van der Waals surface area contributed by atoms with Crippen molar-refractivity contribution in [1.82, 2.24) is 0 Å². The highest BCUT2D eigenvalue weighted by Gasteiger charge is 2.41. The molecule has 0 unspecified atom stereocenters. The van der Waals surface area contributed by atoms with Crippen molar-refractivity contribution in [3.63, 3.8) is 0 Å². The van der Waals surface area contributed by atoms with Gasteiger partial charge < -0.3 is 0 Å². The van der Waals surface area contributed by atoms with Gasteiger partial charge in [-0.05, 0) is 44.0 Å². The Bertz CT molecular complexity index is 1390. The molecule has 0 radical (unpaired) electrons. The highest BCUT2D eigenvalue weighted by atomic mass is 28.3. The molecule has 0 aliphatic heterocycles. The van der Waals surface area contributed by atoms with E-state index in [1.165, 1.54) is 27.7 Å². The molecule has 5 aromatic carbocycles. The maximum Gasteiger partial charge on any atom is 0.179 e. The van der Waals surface area contributed by atoms with Gasteiger partial charge in [-0.3, -0.25) is 0 Å². The van der Waals surface area contributed by atoms with Crippen LogP contribution in [0, 0.1) is 23.0 Å². The van der Waals surface area contributed by atoms with E-state index >= 15 is 0 Å². The van der Waals surface area contributed by atoms with Gasteiger partial charge in [0.2, 0.25) is 0 Å². The van der Waals surface area contributed by atoms with E-state index in [0.717, 1.165) is 5.19 Å². The zero-order chi connectivity index (χ0) is 24.3. The smallest absolute Gasteiger partial charge is 0.179 e. The number of rotatable bonds is 5. The van der Waals surface area contributed by atoms with E-state index in [9.17, 15) is 8.78 Å². The number of nitrogens with zero attached hydrogens (tertiary/aromatic N) is 1. The van der Waals surface area contributed by atoms with Gasteiger partial charge in [0.1, 0.15) is 23.3 Å². The van der Waals surface area contributed by atoms with E-state index < -0.39 is 25.3 Å². The predicted molar refractivity (Wildman–Crippen MR) is 140 cm³/mol. The van der Waals surface area contributed by atoms with E-state index in [1.54, 1.807) is 6.07 Å². The molecule has 0 aliphatic rings. The molecule has 0 aromatic heterocycles. The van der Waals surface area contributed by atoms with Crippen LogP contribution in [-0.2, 0) is 0 Å². The Hall–Kier alpha value is -4.33. The summed E-state index contributed by atoms with van der Waals surface area (Å²) in [6, 6.07) is 43.4. The number of hydrogen-bond acceptors (Lipinski definition) is 1. The molecule has 0 bridgehead atoms. The van der Waals surface area contributed by atoms with Crippen LogP contribution in [0.25, 0.3) is 11.1 Å². The lowest BCUT2D eigenvalue weighted by Gasteiger charge is -2.34. The molecule has 0 aliphatic carbocycles. The van der Waals surface area contributed by atoms with Crippen LogP contribution >= 0.6 is 0 Å². The Labute approximate surface area is 204 Å². The van der Waals surface area contributed by atoms with Crippen molar-refractivity contribution in [1.29, 1.82) is 5.26 Å². The second-order valence-corrected chi connectivity index (χ2v) is 12.2. The fourth-order valence-electron chi connectivity index (χ4n) is 4.84. The van der Waals surface area contributed by atoms with Gasteiger partial charge in [-0.2, -0.15) is 5.26 Å². The first-order valence-corrected chi connectivity index (χ1v) is 13.3. The van der Waals surface area contributed by atoms with Gasteiger partial charge in [0.05, 0.1) is 0 Å². The molecular formula is C31H21F2NSi. The third-order valence-electron chi connectivity index (χ3n) is 6.40. The largest absolute Gasteiger partial charge is 0.205 e. The summed E-state index contributed by atoms with van der Waals surface area (Å²) in [4.78, 5) is 0. The lowest BCUT2D eigenvalue weighted by molar-refractivity contribution is 0.577. The summed E-state index contributed by atoms with van der Waals surface area (Å²) in [5.41, 5.74) is 0.536. The lowest BCUT2D eigenvalue weighted by Crippen LogP contribution is -2.74. The quantitative estimate of drug-likeness (QED) is 0.264. The molecule has 0 saturated carbocycles. The van der Waals surface area contributed by atoms with Gasteiger partial charge >= 0.3 is 0 Å². The van der Waals surface area contributed by atoms with Crippen LogP contribution < -0.4 is 20.7 Å². The normalized spacial score (nSPS) is 11.1. The van der Waals surface area contributed by atoms with Crippen LogP contribution in [-0.4, -0.2) is 8.07 Å². The molecule has 35 heavy (non-hydrogen) atoms. The molecule has 1 nitrogen and oxygen atoms in total. The molecule has 0 atom stereocenters. The van der Waals surface area contributed by atoms with Crippen LogP contribution in [0.5, 0.6) is 0 Å². The van der Waals surface area contributed by atoms with Crippen LogP contribution in [0.1, 0.15) is 5.56 Å². The minimum atomic E-state index is -2.75. The van der Waals surface area contributed by atoms with Crippen molar-refractivity contribution in [3.05, 3.63) is 145 Å². The zero-order valence-corrected chi connectivity index (χ0v) is 19.8. The van der Waals surface area contributed by atoms with Crippen LogP contribution in [0.15, 0.2) is 127 Å². The molecule has 4 heteroatoms. The van der Waals surface area contributed by atoms with Crippen molar-refractivity contribution in [2.75, 3.05) is 0 Å². The van der Waals surface area contributed by atoms with E-state index in [1.807, 2.05) is 36.4 Å². The van der Waals surface area contributed by atoms with E-state index in [-0.39, 0.29) is 0 Å². The van der Waals surface area contributed by atoms with Crippen molar-refractivity contribution in [3.8, 4) is 17.2 Å². The molecule has 0 N–H and O–H groups in total. The minimum absolute atomic E-state index is 0.401. The van der Waals surface area contributed by atoms with E-state index in [2.05, 4.69) is 78.9 Å². The maximum absolute atomic E-state index is 14.5. The molecular weight excluding hydrogens is 452 g/mol. The first kappa shape index (κ1) is 22.5. The molecule has 168 valence electrons. The summed E-state index contributed by atoms with van der Waals surface area (Å²) in [5, 5.41) is 13.8. The summed E-state index contributed by atoms with van der Waals surface area (Å²) in [6.07, 6.45) is 0. The van der Waals surface area contributed by atoms with Gasteiger partial charge in [0.15, 0.2) is 8.07 Å². The standard InChI is InChI=1S/C31H21F2NSi/c32-30-20-24(21-31(33)29(30)22-34)23-11-10-18-28(19-23)35(25-12-4-1-5-13-25,26-14-6-2-7-15-26)27-16-8-3-9-17-27/h1-21H. The van der Waals surface area contributed by atoms with E-state index in [0.29, 0.717) is 11.1 Å². The summed E-state index contributed by atoms with van der Waals surface area (Å²) in [6.45, 7) is 0. The molecule has 0 heterocycles. The highest BCUT2D eigenvalue weighted by Crippen LogP contribution is 2.24. The number of nitriles is 1. The molecule has 0 saturated heterocycles. The first-order chi connectivity index (χ1) is 17.1. The Balaban J connectivity index is 1.82. The zero-order valence-electron chi connectivity index (χ0n) is 18.8. The van der Waals surface area contributed by atoms with Crippen molar-refractivity contribution in [2.24, 2.45) is 0 Å². The molecule has 0 fully saturated rings. The fourth-order valence-corrected chi connectivity index (χ4v) is 9.64. The number of hydrogen-bond donors (Lipinski definition) is 0. The third-order valence-corrected chi connectivity index (χ3v) is 11.2. The van der Waals surface area contributed by atoms with E-state index in [4.69, 9.17) is 5.26 Å². The fraction of sp³-hybridized carbons (Fsp3) is 0. The average Bonchev–Trinajstić information content (AvgIpc) is 2.91. The van der Waals surface area contributed by atoms with Gasteiger partial charge in [-0.1, -0.05) is 115 Å². The summed E-state index contributed by atoms with van der Waals surface area (Å²) in [7, 11) is -2.75. The molecule has 5 rings (SSSR count). The highest BCUT2D eigenvalue weighted by molar-refractivity contribution is 7.19. The second-order valence-electron chi connectivity index (χ2n) is 8.36. The number of benzene rings is 5. The number of halogens is 2. The van der Waals surface area contributed by atoms with Gasteiger partial charge in [-0.25, -0.2) is 8.78 Å². The third kappa shape index (κ3) is 3.97. The van der Waals surface area contributed by atoms with Crippen molar-refractivity contribution >= 4 is 28.8 Å². The van der Waals surface area contributed by atoms with Crippen molar-refractivity contribution in [2.45, 2.75) is 0 Å². The van der Waals surface area contributed by atoms with Crippen LogP contribution in [0.2, 0.25) is 0 Å². The molecule has 5 aromatic rings. The van der Waals surface area contributed by atoms with Gasteiger partial charge in [0, 0.05) is 0 Å². The Morgan fingerprint density at radius 1 is 0.486 bits per heavy atom. The SMILES string of the molecule is N#Cc1c(F)cc(-c2cccc([Si](c3ccccc3)(c3ccccc3)c3ccccc3)c2)cc1F. The minimum Gasteiger partial charge on any atom is -0.205 e. The Morgan fingerprint density at radius 3 is 1.34 bits per heavy atom. The lowest BCUT2D eigenvalue weighted by atomic mass is 10.0. The summed E-state index contributed by atoms with van der Waals surface area (Å²) in [5.74, 6) is -1.71. The Morgan fingerprint density at radius 2 is 0.914 bits per heavy atom. The first-order valence-electron chi connectivity index (χ1n) is 11.3. The van der Waals surface area contributed by atoms with Crippen LogP contribution in [0.4, 0.5) is 8.78 Å². The van der Waals surface area contributed by atoms with Crippen molar-refractivity contribution < 1.29 is 8.78 Å². The molecule has 0 amide bonds. The van der Waals surface area contributed by atoms with Crippen LogP contribution in [0.3, 0.4) is 0 Å². The monoisotopic (exact) mass is 473 g/mol.